The van der Waals surface area contributed by atoms with Crippen LogP contribution in [0.25, 0.3) is 22.3 Å². The predicted octanol–water partition coefficient (Wildman–Crippen LogP) is 4.64. The van der Waals surface area contributed by atoms with Crippen LogP contribution in [0.4, 0.5) is 10.3 Å². The van der Waals surface area contributed by atoms with Gasteiger partial charge >= 0.3 is 0 Å². The molecule has 1 aliphatic rings. The Hall–Kier alpha value is -3.02. The van der Waals surface area contributed by atoms with Gasteiger partial charge in [0.15, 0.2) is 0 Å². The number of nitrogen functional groups attached to an aromatic ring is 1. The number of nitrogens with two attached hydrogens (primary N) is 1. The number of benzene rings is 1. The van der Waals surface area contributed by atoms with E-state index in [0.29, 0.717) is 17.0 Å². The molecule has 27 heavy (non-hydrogen) atoms. The minimum absolute atomic E-state index is 0.163. The van der Waals surface area contributed by atoms with Gasteiger partial charge in [-0.1, -0.05) is 18.6 Å². The van der Waals surface area contributed by atoms with E-state index in [9.17, 15) is 4.39 Å². The van der Waals surface area contributed by atoms with Crippen molar-refractivity contribution in [1.29, 1.82) is 0 Å². The fraction of sp³-hybridized carbons (Fsp3) is 0.286. The van der Waals surface area contributed by atoms with Gasteiger partial charge in [0.2, 0.25) is 11.8 Å². The van der Waals surface area contributed by atoms with Gasteiger partial charge in [-0.2, -0.15) is 0 Å². The normalized spacial score (nSPS) is 14.9. The molecule has 1 fully saturated rings. The molecule has 2 heterocycles. The summed E-state index contributed by atoms with van der Waals surface area (Å²) in [6.07, 6.45) is 10.6. The number of rotatable bonds is 4. The van der Waals surface area contributed by atoms with Gasteiger partial charge in [-0.3, -0.25) is 0 Å². The van der Waals surface area contributed by atoms with E-state index in [4.69, 9.17) is 10.5 Å². The van der Waals surface area contributed by atoms with E-state index in [1.165, 1.54) is 37.7 Å². The van der Waals surface area contributed by atoms with Gasteiger partial charge in [-0.05, 0) is 49.4 Å². The lowest BCUT2D eigenvalue weighted by Crippen LogP contribution is -2.20. The molecular formula is C21H21FN4O. The van der Waals surface area contributed by atoms with Crippen molar-refractivity contribution >= 4 is 5.95 Å². The first-order valence-electron chi connectivity index (χ1n) is 9.20. The van der Waals surface area contributed by atoms with E-state index >= 15 is 0 Å². The predicted molar refractivity (Wildman–Crippen MR) is 103 cm³/mol. The smallest absolute Gasteiger partial charge is 0.221 e. The second-order valence-electron chi connectivity index (χ2n) is 6.76. The molecular weight excluding hydrogens is 343 g/mol. The Morgan fingerprint density at radius 2 is 1.70 bits per heavy atom. The monoisotopic (exact) mass is 364 g/mol. The van der Waals surface area contributed by atoms with E-state index < -0.39 is 0 Å². The van der Waals surface area contributed by atoms with E-state index in [2.05, 4.69) is 15.0 Å². The molecule has 1 saturated carbocycles. The molecule has 0 saturated heterocycles. The van der Waals surface area contributed by atoms with Crippen LogP contribution in [-0.4, -0.2) is 21.1 Å². The highest BCUT2D eigenvalue weighted by Crippen LogP contribution is 2.33. The van der Waals surface area contributed by atoms with Crippen molar-refractivity contribution in [3.8, 4) is 28.1 Å². The maximum atomic E-state index is 14.8. The summed E-state index contributed by atoms with van der Waals surface area (Å²) in [5.41, 5.74) is 8.03. The van der Waals surface area contributed by atoms with Gasteiger partial charge in [0.1, 0.15) is 11.9 Å². The zero-order chi connectivity index (χ0) is 18.6. The van der Waals surface area contributed by atoms with Crippen LogP contribution in [0.2, 0.25) is 0 Å². The fourth-order valence-electron chi connectivity index (χ4n) is 3.44. The van der Waals surface area contributed by atoms with Gasteiger partial charge in [0.25, 0.3) is 0 Å². The molecule has 4 rings (SSSR count). The molecule has 0 bridgehead atoms. The van der Waals surface area contributed by atoms with Crippen molar-refractivity contribution in [3.05, 3.63) is 54.7 Å². The molecule has 0 atom stereocenters. The summed E-state index contributed by atoms with van der Waals surface area (Å²) >= 11 is 0. The van der Waals surface area contributed by atoms with Crippen LogP contribution in [0.5, 0.6) is 5.88 Å². The van der Waals surface area contributed by atoms with Crippen LogP contribution in [0.15, 0.2) is 48.9 Å². The molecule has 5 nitrogen and oxygen atoms in total. The second kappa shape index (κ2) is 7.70. The first-order valence-corrected chi connectivity index (χ1v) is 9.20. The molecule has 0 aliphatic heterocycles. The van der Waals surface area contributed by atoms with Crippen LogP contribution in [0.1, 0.15) is 32.1 Å². The second-order valence-corrected chi connectivity index (χ2v) is 6.76. The number of ether oxygens (including phenoxy) is 1. The third-order valence-corrected chi connectivity index (χ3v) is 4.86. The number of nitrogens with zero attached hydrogens (tertiary/aromatic N) is 3. The van der Waals surface area contributed by atoms with E-state index in [1.54, 1.807) is 12.3 Å². The van der Waals surface area contributed by atoms with Crippen LogP contribution < -0.4 is 10.5 Å². The van der Waals surface area contributed by atoms with Crippen LogP contribution in [0.3, 0.4) is 0 Å². The largest absolute Gasteiger partial charge is 0.474 e. The molecule has 3 aromatic rings. The lowest BCUT2D eigenvalue weighted by molar-refractivity contribution is 0.149. The molecule has 1 aliphatic carbocycles. The SMILES string of the molecule is Nc1ncc(-c2ccc(-c3cccnc3OC3CCCCC3)cc2F)cn1. The molecule has 2 N–H and O–H groups in total. The summed E-state index contributed by atoms with van der Waals surface area (Å²) in [6.45, 7) is 0. The van der Waals surface area contributed by atoms with Crippen molar-refractivity contribution < 1.29 is 9.13 Å². The van der Waals surface area contributed by atoms with Crippen molar-refractivity contribution in [2.24, 2.45) is 0 Å². The molecule has 1 aromatic carbocycles. The topological polar surface area (TPSA) is 73.9 Å². The van der Waals surface area contributed by atoms with E-state index in [1.807, 2.05) is 18.2 Å². The van der Waals surface area contributed by atoms with Gasteiger partial charge in [-0.25, -0.2) is 19.3 Å². The van der Waals surface area contributed by atoms with Gasteiger partial charge in [0.05, 0.1) is 0 Å². The molecule has 0 amide bonds. The number of aromatic nitrogens is 3. The highest BCUT2D eigenvalue weighted by molar-refractivity contribution is 5.73. The molecule has 2 aromatic heterocycles. The maximum Gasteiger partial charge on any atom is 0.221 e. The number of pyridine rings is 1. The van der Waals surface area contributed by atoms with Crippen LogP contribution >= 0.6 is 0 Å². The zero-order valence-corrected chi connectivity index (χ0v) is 14.9. The fourth-order valence-corrected chi connectivity index (χ4v) is 3.44. The lowest BCUT2D eigenvalue weighted by Gasteiger charge is -2.23. The highest BCUT2D eigenvalue weighted by Gasteiger charge is 2.18. The minimum Gasteiger partial charge on any atom is -0.474 e. The molecule has 6 heteroatoms. The third kappa shape index (κ3) is 3.89. The maximum absolute atomic E-state index is 14.8. The van der Waals surface area contributed by atoms with Crippen molar-refractivity contribution in [3.63, 3.8) is 0 Å². The van der Waals surface area contributed by atoms with Crippen molar-refractivity contribution in [2.45, 2.75) is 38.2 Å². The standard InChI is InChI=1S/C21H21FN4O/c22-19-11-14(8-9-17(19)15-12-25-21(23)26-13-15)18-7-4-10-24-20(18)27-16-5-2-1-3-6-16/h4,7-13,16H,1-3,5-6H2,(H2,23,25,26). The summed E-state index contributed by atoms with van der Waals surface area (Å²) in [5, 5.41) is 0. The first kappa shape index (κ1) is 17.4. The highest BCUT2D eigenvalue weighted by atomic mass is 19.1. The number of hydrogen-bond acceptors (Lipinski definition) is 5. The number of hydrogen-bond donors (Lipinski definition) is 1. The van der Waals surface area contributed by atoms with Crippen LogP contribution in [0, 0.1) is 5.82 Å². The summed E-state index contributed by atoms with van der Waals surface area (Å²) in [5.74, 6) is 0.372. The Bertz CT molecular complexity index is 924. The summed E-state index contributed by atoms with van der Waals surface area (Å²) in [6, 6.07) is 8.82. The quantitative estimate of drug-likeness (QED) is 0.730. The molecule has 0 spiro atoms. The Kier molecular flexibility index (Phi) is 4.96. The van der Waals surface area contributed by atoms with Gasteiger partial charge in [-0.15, -0.1) is 0 Å². The average molecular weight is 364 g/mol. The Morgan fingerprint density at radius 3 is 2.44 bits per heavy atom. The van der Waals surface area contributed by atoms with Gasteiger partial charge < -0.3 is 10.5 Å². The van der Waals surface area contributed by atoms with E-state index in [0.717, 1.165) is 24.0 Å². The van der Waals surface area contributed by atoms with Crippen molar-refractivity contribution in [2.75, 3.05) is 5.73 Å². The minimum atomic E-state index is -0.353. The Morgan fingerprint density at radius 1 is 0.926 bits per heavy atom. The number of anilines is 1. The summed E-state index contributed by atoms with van der Waals surface area (Å²) in [4.78, 5) is 12.2. The van der Waals surface area contributed by atoms with Gasteiger partial charge in [0, 0.05) is 35.3 Å². The van der Waals surface area contributed by atoms with Crippen molar-refractivity contribution in [1.82, 2.24) is 15.0 Å². The molecule has 0 radical (unpaired) electrons. The van der Waals surface area contributed by atoms with Crippen LogP contribution in [-0.2, 0) is 0 Å². The summed E-state index contributed by atoms with van der Waals surface area (Å²) < 4.78 is 20.9. The summed E-state index contributed by atoms with van der Waals surface area (Å²) in [7, 11) is 0. The first-order chi connectivity index (χ1) is 13.2. The molecule has 138 valence electrons. The van der Waals surface area contributed by atoms with E-state index in [-0.39, 0.29) is 17.9 Å². The zero-order valence-electron chi connectivity index (χ0n) is 14.9. The Balaban J connectivity index is 1.64. The lowest BCUT2D eigenvalue weighted by atomic mass is 9.97. The third-order valence-electron chi connectivity index (χ3n) is 4.86. The molecule has 0 unspecified atom stereocenters. The average Bonchev–Trinajstić information content (AvgIpc) is 2.70. The Labute approximate surface area is 157 Å². The number of halogens is 1.